The molecule has 17 heavy (non-hydrogen) atoms. The Hall–Kier alpha value is -0.270. The van der Waals surface area contributed by atoms with Crippen LogP contribution in [0, 0.1) is 11.8 Å². The van der Waals surface area contributed by atoms with Gasteiger partial charge in [0.15, 0.2) is 0 Å². The second kappa shape index (κ2) is 4.78. The van der Waals surface area contributed by atoms with Crippen LogP contribution >= 0.6 is 12.6 Å². The molecule has 0 saturated carbocycles. The predicted molar refractivity (Wildman–Crippen MR) is 58.6 cm³/mol. The van der Waals surface area contributed by atoms with Crippen molar-refractivity contribution in [3.63, 3.8) is 0 Å². The smallest absolute Gasteiger partial charge is 0.353 e. The number of amides is 1. The van der Waals surface area contributed by atoms with Gasteiger partial charge in [-0.25, -0.2) is 4.79 Å². The number of carbonyl (C=O) groups excluding carboxylic acids is 1. The van der Waals surface area contributed by atoms with E-state index in [2.05, 4.69) is 12.6 Å². The molecule has 4 atom stereocenters. The Kier molecular flexibility index (Phi) is 4.16. The molecule has 1 radical (unpaired) electrons. The van der Waals surface area contributed by atoms with E-state index in [4.69, 9.17) is 5.11 Å². The first-order chi connectivity index (χ1) is 7.37. The maximum Gasteiger partial charge on any atom is 0.353 e. The second-order valence-electron chi connectivity index (χ2n) is 4.29. The van der Waals surface area contributed by atoms with E-state index >= 15 is 0 Å². The molecule has 0 aromatic heterocycles. The molecule has 1 amide bonds. The first kappa shape index (κ1) is 14.8. The van der Waals surface area contributed by atoms with Crippen molar-refractivity contribution in [1.82, 2.24) is 4.90 Å². The number of hydrogen-bond donors (Lipinski definition) is 3. The minimum atomic E-state index is -1.14. The molecule has 0 aliphatic carbocycles. The van der Waals surface area contributed by atoms with E-state index in [9.17, 15) is 14.7 Å². The minimum Gasteiger partial charge on any atom is -0.477 e. The fraction of sp³-hybridized carbons (Fsp3) is 0.600. The van der Waals surface area contributed by atoms with Gasteiger partial charge < -0.3 is 15.1 Å². The standard InChI is InChI=1S/C10H13NO4S.Ag/c1-3-6-5(4(2)12)9(13)11(6)7(8(3)16)10(14)15;/h3-6,12,16H,1-2H3,(H,14,15);/t3-,4-,5-,6-;/m1./s1. The Morgan fingerprint density at radius 2 is 2.06 bits per heavy atom. The van der Waals surface area contributed by atoms with Crippen LogP contribution < -0.4 is 0 Å². The van der Waals surface area contributed by atoms with E-state index < -0.39 is 18.0 Å². The number of fused-ring (bicyclic) bond motifs is 1. The molecule has 7 heteroatoms. The number of aliphatic carboxylic acids is 1. The molecule has 0 spiro atoms. The van der Waals surface area contributed by atoms with Crippen LogP contribution in [-0.4, -0.2) is 39.1 Å². The van der Waals surface area contributed by atoms with E-state index in [0.717, 1.165) is 0 Å². The van der Waals surface area contributed by atoms with Crippen molar-refractivity contribution >= 4 is 24.5 Å². The molecular formula is C10H13AgNO4S. The molecule has 0 bridgehead atoms. The fourth-order valence-electron chi connectivity index (χ4n) is 2.53. The third kappa shape index (κ3) is 1.88. The van der Waals surface area contributed by atoms with Crippen LogP contribution in [-0.2, 0) is 32.0 Å². The van der Waals surface area contributed by atoms with Crippen molar-refractivity contribution in [2.24, 2.45) is 11.8 Å². The SMILES string of the molecule is C[C@@H](O)[C@H]1C(=O)N2C(C(=O)O)=C(S)[C@H](C)[C@H]12.[Ag]. The minimum absolute atomic E-state index is 0. The zero-order chi connectivity index (χ0) is 12.2. The number of carbonyl (C=O) groups is 2. The van der Waals surface area contributed by atoms with Crippen molar-refractivity contribution in [3.8, 4) is 0 Å². The van der Waals surface area contributed by atoms with Crippen LogP contribution in [0.1, 0.15) is 13.8 Å². The van der Waals surface area contributed by atoms with E-state index in [-0.39, 0.29) is 45.9 Å². The van der Waals surface area contributed by atoms with Gasteiger partial charge in [-0.05, 0) is 6.92 Å². The third-order valence-electron chi connectivity index (χ3n) is 3.34. The van der Waals surface area contributed by atoms with Gasteiger partial charge in [-0.3, -0.25) is 4.79 Å². The summed E-state index contributed by atoms with van der Waals surface area (Å²) in [4.78, 5) is 24.4. The summed E-state index contributed by atoms with van der Waals surface area (Å²) in [6.07, 6.45) is -0.759. The van der Waals surface area contributed by atoms with Gasteiger partial charge in [0.25, 0.3) is 0 Å². The predicted octanol–water partition coefficient (Wildman–Crippen LogP) is 0.0674. The molecule has 0 aromatic rings. The summed E-state index contributed by atoms with van der Waals surface area (Å²) in [7, 11) is 0. The summed E-state index contributed by atoms with van der Waals surface area (Å²) in [5, 5.41) is 18.5. The zero-order valence-corrected chi connectivity index (χ0v) is 11.6. The summed E-state index contributed by atoms with van der Waals surface area (Å²) in [5.74, 6) is -2.11. The molecule has 99 valence electrons. The Balaban J connectivity index is 0.00000144. The molecular weight excluding hydrogens is 338 g/mol. The number of carboxylic acids is 1. The van der Waals surface area contributed by atoms with Gasteiger partial charge in [0.05, 0.1) is 18.1 Å². The van der Waals surface area contributed by atoms with Gasteiger partial charge in [0.2, 0.25) is 5.91 Å². The van der Waals surface area contributed by atoms with Crippen LogP contribution in [0.15, 0.2) is 10.6 Å². The quantitative estimate of drug-likeness (QED) is 0.374. The molecule has 5 nitrogen and oxygen atoms in total. The molecule has 0 aromatic carbocycles. The van der Waals surface area contributed by atoms with Crippen LogP contribution in [0.4, 0.5) is 0 Å². The van der Waals surface area contributed by atoms with Gasteiger partial charge in [-0.2, -0.15) is 0 Å². The number of carboxylic acid groups (broad SMARTS) is 1. The van der Waals surface area contributed by atoms with Gasteiger partial charge in [0.1, 0.15) is 5.70 Å². The number of thiol groups is 1. The van der Waals surface area contributed by atoms with Gasteiger partial charge in [-0.1, -0.05) is 6.92 Å². The molecule has 0 unspecified atom stereocenters. The number of aliphatic hydroxyl groups excluding tert-OH is 1. The summed E-state index contributed by atoms with van der Waals surface area (Å²) >= 11 is 4.15. The first-order valence-electron chi connectivity index (χ1n) is 5.05. The number of hydrogen-bond acceptors (Lipinski definition) is 4. The summed E-state index contributed by atoms with van der Waals surface area (Å²) < 4.78 is 0. The van der Waals surface area contributed by atoms with E-state index in [1.165, 1.54) is 4.90 Å². The monoisotopic (exact) mass is 350 g/mol. The molecule has 2 heterocycles. The maximum atomic E-state index is 11.7. The Morgan fingerprint density at radius 3 is 2.47 bits per heavy atom. The molecule has 2 aliphatic rings. The number of rotatable bonds is 2. The van der Waals surface area contributed by atoms with E-state index in [0.29, 0.717) is 4.91 Å². The third-order valence-corrected chi connectivity index (χ3v) is 3.96. The molecule has 2 N–H and O–H groups in total. The Labute approximate surface area is 120 Å². The summed E-state index contributed by atoms with van der Waals surface area (Å²) in [6.45, 7) is 3.36. The summed E-state index contributed by atoms with van der Waals surface area (Å²) in [6, 6.07) is -0.258. The van der Waals surface area contributed by atoms with Crippen molar-refractivity contribution in [2.45, 2.75) is 26.0 Å². The molecule has 2 aliphatic heterocycles. The summed E-state index contributed by atoms with van der Waals surface area (Å²) in [5.41, 5.74) is -0.0391. The zero-order valence-electron chi connectivity index (χ0n) is 9.22. The fourth-order valence-corrected chi connectivity index (χ4v) is 2.89. The molecule has 1 saturated heterocycles. The Bertz CT molecular complexity index is 409. The topological polar surface area (TPSA) is 77.8 Å². The first-order valence-corrected chi connectivity index (χ1v) is 5.50. The van der Waals surface area contributed by atoms with E-state index in [1.807, 2.05) is 6.92 Å². The average Bonchev–Trinajstić information content (AvgIpc) is 2.38. The Morgan fingerprint density at radius 1 is 1.53 bits per heavy atom. The van der Waals surface area contributed by atoms with Crippen molar-refractivity contribution in [3.05, 3.63) is 10.6 Å². The van der Waals surface area contributed by atoms with Crippen molar-refractivity contribution < 1.29 is 42.2 Å². The number of β-lactam (4-membered cyclic amide) rings is 1. The van der Waals surface area contributed by atoms with Crippen molar-refractivity contribution in [2.75, 3.05) is 0 Å². The van der Waals surface area contributed by atoms with Crippen LogP contribution in [0.25, 0.3) is 0 Å². The van der Waals surface area contributed by atoms with Crippen molar-refractivity contribution in [1.29, 1.82) is 0 Å². The van der Waals surface area contributed by atoms with Gasteiger partial charge >= 0.3 is 5.97 Å². The molecule has 2 rings (SSSR count). The van der Waals surface area contributed by atoms with E-state index in [1.54, 1.807) is 6.92 Å². The number of aliphatic hydroxyl groups is 1. The van der Waals surface area contributed by atoms with Crippen LogP contribution in [0.3, 0.4) is 0 Å². The van der Waals surface area contributed by atoms with Crippen LogP contribution in [0.2, 0.25) is 0 Å². The number of nitrogens with zero attached hydrogens (tertiary/aromatic N) is 1. The maximum absolute atomic E-state index is 11.7. The normalized spacial score (nSPS) is 32.8. The second-order valence-corrected chi connectivity index (χ2v) is 4.77. The van der Waals surface area contributed by atoms with Crippen LogP contribution in [0.5, 0.6) is 0 Å². The largest absolute Gasteiger partial charge is 0.477 e. The molecule has 1 fully saturated rings. The average molecular weight is 351 g/mol. The van der Waals surface area contributed by atoms with Gasteiger partial charge in [0, 0.05) is 33.2 Å². The van der Waals surface area contributed by atoms with Gasteiger partial charge in [-0.15, -0.1) is 12.6 Å².